The number of rotatable bonds is 4. The molecule has 0 radical (unpaired) electrons. The van der Waals surface area contributed by atoms with Crippen molar-refractivity contribution in [3.8, 4) is 5.75 Å². The standard InChI is InChI=1S/C18H25NO3S/c1-22-17-10-13-4-2-3-5-14(13)11-18(17)23(20,21)19-16-9-12-6-7-15(16)8-12/h10-12,15-16,19H,2-9H2,1H3/t12-,15-,16-/m0/s1. The first-order valence-corrected chi connectivity index (χ1v) is 10.3. The Kier molecular flexibility index (Phi) is 3.88. The van der Waals surface area contributed by atoms with Crippen molar-refractivity contribution in [1.82, 2.24) is 4.72 Å². The highest BCUT2D eigenvalue weighted by atomic mass is 32.2. The molecular formula is C18H25NO3S. The smallest absolute Gasteiger partial charge is 0.244 e. The lowest BCUT2D eigenvalue weighted by atomic mass is 9.92. The lowest BCUT2D eigenvalue weighted by Gasteiger charge is -2.24. The van der Waals surface area contributed by atoms with Crippen molar-refractivity contribution in [1.29, 1.82) is 0 Å². The molecule has 0 aromatic heterocycles. The van der Waals surface area contributed by atoms with Crippen molar-refractivity contribution < 1.29 is 13.2 Å². The van der Waals surface area contributed by atoms with Crippen molar-refractivity contribution in [2.24, 2.45) is 11.8 Å². The average Bonchev–Trinajstić information content (AvgIpc) is 3.16. The first-order valence-electron chi connectivity index (χ1n) is 8.79. The molecule has 2 fully saturated rings. The maximum atomic E-state index is 12.9. The highest BCUT2D eigenvalue weighted by molar-refractivity contribution is 7.89. The number of hydrogen-bond acceptors (Lipinski definition) is 3. The molecule has 0 amide bonds. The summed E-state index contributed by atoms with van der Waals surface area (Å²) in [5.41, 5.74) is 2.41. The van der Waals surface area contributed by atoms with Crippen molar-refractivity contribution in [3.05, 3.63) is 23.3 Å². The highest BCUT2D eigenvalue weighted by Crippen LogP contribution is 2.45. The van der Waals surface area contributed by atoms with Crippen LogP contribution in [0.1, 0.15) is 49.7 Å². The minimum atomic E-state index is -3.52. The summed E-state index contributed by atoms with van der Waals surface area (Å²) in [7, 11) is -1.96. The quantitative estimate of drug-likeness (QED) is 0.920. The molecule has 23 heavy (non-hydrogen) atoms. The molecule has 3 aliphatic rings. The van der Waals surface area contributed by atoms with Gasteiger partial charge in [-0.25, -0.2) is 13.1 Å². The Morgan fingerprint density at radius 2 is 1.83 bits per heavy atom. The summed E-state index contributed by atoms with van der Waals surface area (Å²) < 4.78 is 34.3. The van der Waals surface area contributed by atoms with Crippen LogP contribution in [-0.4, -0.2) is 21.6 Å². The van der Waals surface area contributed by atoms with E-state index in [0.717, 1.165) is 31.6 Å². The molecule has 0 heterocycles. The predicted molar refractivity (Wildman–Crippen MR) is 89.2 cm³/mol. The fourth-order valence-electron chi connectivity index (χ4n) is 4.76. The van der Waals surface area contributed by atoms with Gasteiger partial charge >= 0.3 is 0 Å². The van der Waals surface area contributed by atoms with Crippen LogP contribution in [0.25, 0.3) is 0 Å². The van der Waals surface area contributed by atoms with Crippen LogP contribution in [0.15, 0.2) is 17.0 Å². The highest BCUT2D eigenvalue weighted by Gasteiger charge is 2.41. The molecule has 4 rings (SSSR count). The third-order valence-electron chi connectivity index (χ3n) is 5.96. The molecule has 1 aromatic carbocycles. The van der Waals surface area contributed by atoms with Gasteiger partial charge in [-0.05, 0) is 80.0 Å². The molecule has 1 N–H and O–H groups in total. The number of sulfonamides is 1. The summed E-state index contributed by atoms with van der Waals surface area (Å²) in [6, 6.07) is 3.90. The van der Waals surface area contributed by atoms with Gasteiger partial charge in [-0.2, -0.15) is 0 Å². The van der Waals surface area contributed by atoms with Crippen molar-refractivity contribution in [2.75, 3.05) is 7.11 Å². The van der Waals surface area contributed by atoms with E-state index in [1.165, 1.54) is 36.8 Å². The Hall–Kier alpha value is -1.07. The van der Waals surface area contributed by atoms with Gasteiger partial charge in [0.1, 0.15) is 10.6 Å². The lowest BCUT2D eigenvalue weighted by molar-refractivity contribution is 0.385. The summed E-state index contributed by atoms with van der Waals surface area (Å²) in [4.78, 5) is 0.323. The number of ether oxygens (including phenoxy) is 1. The van der Waals surface area contributed by atoms with E-state index < -0.39 is 10.0 Å². The van der Waals surface area contributed by atoms with E-state index >= 15 is 0 Å². The largest absolute Gasteiger partial charge is 0.495 e. The van der Waals surface area contributed by atoms with Gasteiger partial charge in [-0.3, -0.25) is 0 Å². The molecule has 126 valence electrons. The molecule has 0 aliphatic heterocycles. The zero-order valence-electron chi connectivity index (χ0n) is 13.7. The van der Waals surface area contributed by atoms with Gasteiger partial charge in [-0.15, -0.1) is 0 Å². The Bertz CT molecular complexity index is 713. The molecule has 2 bridgehead atoms. The van der Waals surface area contributed by atoms with Crippen LogP contribution < -0.4 is 9.46 Å². The second kappa shape index (κ2) is 5.78. The molecule has 1 aromatic rings. The maximum absolute atomic E-state index is 12.9. The molecular weight excluding hydrogens is 310 g/mol. The van der Waals surface area contributed by atoms with E-state index in [2.05, 4.69) is 4.72 Å². The van der Waals surface area contributed by atoms with Crippen molar-refractivity contribution in [3.63, 3.8) is 0 Å². The van der Waals surface area contributed by atoms with E-state index in [1.807, 2.05) is 12.1 Å². The van der Waals surface area contributed by atoms with Gasteiger partial charge in [0.2, 0.25) is 10.0 Å². The van der Waals surface area contributed by atoms with E-state index in [4.69, 9.17) is 4.74 Å². The number of hydrogen-bond donors (Lipinski definition) is 1. The maximum Gasteiger partial charge on any atom is 0.244 e. The summed E-state index contributed by atoms with van der Waals surface area (Å²) in [6.07, 6.45) is 8.92. The summed E-state index contributed by atoms with van der Waals surface area (Å²) >= 11 is 0. The molecule has 5 heteroatoms. The summed E-state index contributed by atoms with van der Waals surface area (Å²) in [5, 5.41) is 0. The second-order valence-electron chi connectivity index (χ2n) is 7.38. The second-order valence-corrected chi connectivity index (χ2v) is 9.06. The summed E-state index contributed by atoms with van der Waals surface area (Å²) in [6.45, 7) is 0. The molecule has 3 aliphatic carbocycles. The predicted octanol–water partition coefficient (Wildman–Crippen LogP) is 3.04. The van der Waals surface area contributed by atoms with Crippen LogP contribution in [0.4, 0.5) is 0 Å². The Balaban J connectivity index is 1.65. The number of nitrogens with one attached hydrogen (secondary N) is 1. The third kappa shape index (κ3) is 2.78. The minimum absolute atomic E-state index is 0.111. The molecule has 2 saturated carbocycles. The third-order valence-corrected chi connectivity index (χ3v) is 7.47. The number of benzene rings is 1. The van der Waals surface area contributed by atoms with Gasteiger partial charge in [0, 0.05) is 6.04 Å². The molecule has 0 spiro atoms. The van der Waals surface area contributed by atoms with Gasteiger partial charge in [0.15, 0.2) is 0 Å². The van der Waals surface area contributed by atoms with Gasteiger partial charge in [0.05, 0.1) is 7.11 Å². The van der Waals surface area contributed by atoms with Crippen LogP contribution >= 0.6 is 0 Å². The lowest BCUT2D eigenvalue weighted by Crippen LogP contribution is -2.38. The number of fused-ring (bicyclic) bond motifs is 3. The SMILES string of the molecule is COc1cc2c(cc1S(=O)(=O)N[C@H]1C[C@H]3CC[C@H]1C3)CCCC2. The first kappa shape index (κ1) is 15.5. The summed E-state index contributed by atoms with van der Waals surface area (Å²) in [5.74, 6) is 1.73. The van der Waals surface area contributed by atoms with Gasteiger partial charge in [0.25, 0.3) is 0 Å². The Morgan fingerprint density at radius 1 is 1.09 bits per heavy atom. The first-order chi connectivity index (χ1) is 11.1. The average molecular weight is 335 g/mol. The van der Waals surface area contributed by atoms with E-state index in [1.54, 1.807) is 7.11 Å². The normalized spacial score (nSPS) is 29.5. The van der Waals surface area contributed by atoms with Crippen LogP contribution in [0.5, 0.6) is 5.75 Å². The van der Waals surface area contributed by atoms with Crippen LogP contribution in [-0.2, 0) is 22.9 Å². The van der Waals surface area contributed by atoms with Crippen LogP contribution in [0, 0.1) is 11.8 Å². The van der Waals surface area contributed by atoms with E-state index in [9.17, 15) is 8.42 Å². The van der Waals surface area contributed by atoms with E-state index in [0.29, 0.717) is 16.6 Å². The number of methoxy groups -OCH3 is 1. The Labute approximate surface area is 138 Å². The molecule has 3 atom stereocenters. The Morgan fingerprint density at radius 3 is 2.43 bits per heavy atom. The van der Waals surface area contributed by atoms with Crippen LogP contribution in [0.2, 0.25) is 0 Å². The van der Waals surface area contributed by atoms with Gasteiger partial charge in [-0.1, -0.05) is 6.42 Å². The minimum Gasteiger partial charge on any atom is -0.495 e. The van der Waals surface area contributed by atoms with E-state index in [-0.39, 0.29) is 6.04 Å². The van der Waals surface area contributed by atoms with Crippen molar-refractivity contribution >= 4 is 10.0 Å². The molecule has 0 saturated heterocycles. The molecule has 4 nitrogen and oxygen atoms in total. The zero-order valence-corrected chi connectivity index (χ0v) is 14.5. The zero-order chi connectivity index (χ0) is 16.0. The van der Waals surface area contributed by atoms with Gasteiger partial charge < -0.3 is 4.74 Å². The van der Waals surface area contributed by atoms with Crippen LogP contribution in [0.3, 0.4) is 0 Å². The fraction of sp³-hybridized carbons (Fsp3) is 0.667. The molecule has 0 unspecified atom stereocenters. The number of aryl methyl sites for hydroxylation is 2. The monoisotopic (exact) mass is 335 g/mol. The van der Waals surface area contributed by atoms with Crippen molar-refractivity contribution in [2.45, 2.75) is 62.3 Å². The fourth-order valence-corrected chi connectivity index (χ4v) is 6.28. The topological polar surface area (TPSA) is 55.4 Å².